The Morgan fingerprint density at radius 1 is 1.13 bits per heavy atom. The van der Waals surface area contributed by atoms with Crippen molar-refractivity contribution in [2.24, 2.45) is 46.3 Å². The third-order valence-electron chi connectivity index (χ3n) is 9.43. The summed E-state index contributed by atoms with van der Waals surface area (Å²) >= 11 is 0. The van der Waals surface area contributed by atoms with Gasteiger partial charge in [-0.15, -0.1) is 6.42 Å². The maximum atomic E-state index is 12.3. The summed E-state index contributed by atoms with van der Waals surface area (Å²) in [6.07, 6.45) is 13.0. The molecule has 124 valence electrons. The molecule has 0 aliphatic heterocycles. The molecule has 2 heteroatoms. The van der Waals surface area contributed by atoms with Gasteiger partial charge < -0.3 is 5.11 Å². The van der Waals surface area contributed by atoms with Crippen LogP contribution in [0, 0.1) is 58.7 Å². The Morgan fingerprint density at radius 3 is 2.61 bits per heavy atom. The van der Waals surface area contributed by atoms with Crippen LogP contribution in [0.15, 0.2) is 0 Å². The van der Waals surface area contributed by atoms with Crippen molar-refractivity contribution in [2.45, 2.75) is 64.4 Å². The van der Waals surface area contributed by atoms with Gasteiger partial charge in [0.15, 0.2) is 0 Å². The van der Waals surface area contributed by atoms with Gasteiger partial charge in [-0.05, 0) is 73.5 Å². The van der Waals surface area contributed by atoms with Gasteiger partial charge in [0.1, 0.15) is 11.4 Å². The minimum Gasteiger partial charge on any atom is -0.377 e. The minimum atomic E-state index is -0.908. The highest BCUT2D eigenvalue weighted by Crippen LogP contribution is 2.76. The van der Waals surface area contributed by atoms with Crippen LogP contribution in [0.3, 0.4) is 0 Å². The number of carbonyl (C=O) groups excluding carboxylic acids is 1. The minimum absolute atomic E-state index is 0.112. The smallest absolute Gasteiger partial charge is 0.136 e. The molecular formula is C21H28O2. The van der Waals surface area contributed by atoms with Crippen LogP contribution in [-0.4, -0.2) is 16.5 Å². The lowest BCUT2D eigenvalue weighted by Gasteiger charge is -2.57. The second-order valence-corrected chi connectivity index (χ2v) is 9.80. The van der Waals surface area contributed by atoms with Crippen LogP contribution >= 0.6 is 0 Å². The first-order chi connectivity index (χ1) is 10.9. The van der Waals surface area contributed by atoms with Crippen molar-refractivity contribution in [3.63, 3.8) is 0 Å². The lowest BCUT2D eigenvalue weighted by atomic mass is 9.48. The Balaban J connectivity index is 1.54. The number of hydrogen-bond acceptors (Lipinski definition) is 2. The number of hydrogen-bond donors (Lipinski definition) is 1. The predicted molar refractivity (Wildman–Crippen MR) is 88.3 cm³/mol. The lowest BCUT2D eigenvalue weighted by molar-refractivity contribution is -0.129. The van der Waals surface area contributed by atoms with Crippen LogP contribution < -0.4 is 0 Å². The summed E-state index contributed by atoms with van der Waals surface area (Å²) in [5, 5.41) is 11.0. The Bertz CT molecular complexity index is 632. The summed E-state index contributed by atoms with van der Waals surface area (Å²) in [5.41, 5.74) is -0.641. The average molecular weight is 312 g/mol. The normalized spacial score (nSPS) is 62.8. The van der Waals surface area contributed by atoms with Crippen LogP contribution in [0.1, 0.15) is 58.8 Å². The van der Waals surface area contributed by atoms with E-state index in [1.807, 2.05) is 0 Å². The summed E-state index contributed by atoms with van der Waals surface area (Å²) < 4.78 is 0. The van der Waals surface area contributed by atoms with Gasteiger partial charge in [0.25, 0.3) is 0 Å². The molecule has 2 nitrogen and oxygen atoms in total. The van der Waals surface area contributed by atoms with E-state index in [2.05, 4.69) is 19.8 Å². The molecule has 9 atom stereocenters. The molecule has 0 radical (unpaired) electrons. The third kappa shape index (κ3) is 1.46. The van der Waals surface area contributed by atoms with Crippen LogP contribution in [0.2, 0.25) is 0 Å². The molecule has 0 amide bonds. The molecule has 1 N–H and O–H groups in total. The molecule has 1 unspecified atom stereocenters. The van der Waals surface area contributed by atoms with Gasteiger partial charge >= 0.3 is 0 Å². The number of fused-ring (bicyclic) bond motifs is 5. The summed E-state index contributed by atoms with van der Waals surface area (Å²) in [6.45, 7) is 4.73. The molecule has 23 heavy (non-hydrogen) atoms. The van der Waals surface area contributed by atoms with Crippen molar-refractivity contribution in [3.05, 3.63) is 0 Å². The predicted octanol–water partition coefficient (Wildman–Crippen LogP) is 3.43. The van der Waals surface area contributed by atoms with E-state index in [-0.39, 0.29) is 5.41 Å². The number of terminal acetylenes is 1. The molecule has 5 saturated carbocycles. The van der Waals surface area contributed by atoms with E-state index in [9.17, 15) is 9.90 Å². The van der Waals surface area contributed by atoms with E-state index in [0.29, 0.717) is 40.8 Å². The number of carbonyl (C=O) groups is 1. The van der Waals surface area contributed by atoms with Gasteiger partial charge in [0.05, 0.1) is 0 Å². The van der Waals surface area contributed by atoms with E-state index in [4.69, 9.17) is 6.42 Å². The maximum absolute atomic E-state index is 12.3. The van der Waals surface area contributed by atoms with E-state index < -0.39 is 5.60 Å². The Labute approximate surface area is 139 Å². The fraction of sp³-hybridized carbons (Fsp3) is 0.857. The van der Waals surface area contributed by atoms with Gasteiger partial charge in [-0.3, -0.25) is 4.79 Å². The molecule has 5 aliphatic rings. The molecule has 0 heterocycles. The van der Waals surface area contributed by atoms with Crippen molar-refractivity contribution in [1.82, 2.24) is 0 Å². The zero-order valence-corrected chi connectivity index (χ0v) is 14.3. The van der Waals surface area contributed by atoms with E-state index >= 15 is 0 Å². The first-order valence-electron chi connectivity index (χ1n) is 9.58. The van der Waals surface area contributed by atoms with Gasteiger partial charge in [0.2, 0.25) is 0 Å². The molecule has 0 bridgehead atoms. The quantitative estimate of drug-likeness (QED) is 0.696. The zero-order chi connectivity index (χ0) is 16.2. The van der Waals surface area contributed by atoms with E-state index in [1.54, 1.807) is 0 Å². The second-order valence-electron chi connectivity index (χ2n) is 9.80. The van der Waals surface area contributed by atoms with Gasteiger partial charge in [-0.25, -0.2) is 0 Å². The highest BCUT2D eigenvalue weighted by atomic mass is 16.3. The molecule has 0 spiro atoms. The number of rotatable bonds is 0. The fourth-order valence-electron chi connectivity index (χ4n) is 8.17. The van der Waals surface area contributed by atoms with Crippen LogP contribution in [0.4, 0.5) is 0 Å². The van der Waals surface area contributed by atoms with E-state index in [1.165, 1.54) is 12.8 Å². The second kappa shape index (κ2) is 4.05. The summed E-state index contributed by atoms with van der Waals surface area (Å²) in [4.78, 5) is 12.3. The topological polar surface area (TPSA) is 37.3 Å². The third-order valence-corrected chi connectivity index (χ3v) is 9.43. The molecule has 5 rings (SSSR count). The standard InChI is InChI=1S/C21H28O2/c1-4-21(23)10-6-15-12-11-13-17-16(22)7-8-19(2,18(13)17)14(12)5-9-20(15,21)3/h1,12-15,17-18,23H,5-11H2,2-3H3/t12-,13?,14+,15+,17-,18-,19-,20+,21+/m1/s1. The molecule has 0 saturated heterocycles. The fourth-order valence-corrected chi connectivity index (χ4v) is 8.17. The number of Topliss-reactive ketones (excluding diaryl/α,β-unsaturated/α-hetero) is 1. The van der Waals surface area contributed by atoms with Crippen molar-refractivity contribution in [3.8, 4) is 12.3 Å². The molecule has 5 fully saturated rings. The van der Waals surface area contributed by atoms with Crippen molar-refractivity contribution in [2.75, 3.05) is 0 Å². The van der Waals surface area contributed by atoms with Crippen LogP contribution in [-0.2, 0) is 4.79 Å². The molecule has 0 aromatic carbocycles. The van der Waals surface area contributed by atoms with Crippen molar-refractivity contribution < 1.29 is 9.90 Å². The Morgan fingerprint density at radius 2 is 1.87 bits per heavy atom. The zero-order valence-electron chi connectivity index (χ0n) is 14.3. The highest BCUT2D eigenvalue weighted by Gasteiger charge is 2.73. The maximum Gasteiger partial charge on any atom is 0.136 e. The summed E-state index contributed by atoms with van der Waals surface area (Å²) in [5.74, 6) is 7.01. The first-order valence-corrected chi connectivity index (χ1v) is 9.58. The van der Waals surface area contributed by atoms with E-state index in [0.717, 1.165) is 38.0 Å². The van der Waals surface area contributed by atoms with Gasteiger partial charge in [0, 0.05) is 17.8 Å². The van der Waals surface area contributed by atoms with Crippen molar-refractivity contribution in [1.29, 1.82) is 0 Å². The van der Waals surface area contributed by atoms with Crippen molar-refractivity contribution >= 4 is 5.78 Å². The number of aliphatic hydroxyl groups is 1. The van der Waals surface area contributed by atoms with Gasteiger partial charge in [-0.2, -0.15) is 0 Å². The lowest BCUT2D eigenvalue weighted by Crippen LogP contribution is -2.54. The first kappa shape index (κ1) is 14.5. The summed E-state index contributed by atoms with van der Waals surface area (Å²) in [6, 6.07) is 0. The molecule has 5 aliphatic carbocycles. The number of ketones is 1. The average Bonchev–Trinajstić information content (AvgIpc) is 3.19. The van der Waals surface area contributed by atoms with Gasteiger partial charge in [-0.1, -0.05) is 19.8 Å². The largest absolute Gasteiger partial charge is 0.377 e. The monoisotopic (exact) mass is 312 g/mol. The Hall–Kier alpha value is -0.810. The SMILES string of the molecule is C#C[C@]1(O)CC[C@H]2[C@@H]3CC4[C@@H]5[C@H]4C(=O)CC[C@]5(C)[C@H]3CC[C@@]21C. The molecule has 0 aromatic rings. The molecular weight excluding hydrogens is 284 g/mol. The molecule has 0 aromatic heterocycles. The summed E-state index contributed by atoms with van der Waals surface area (Å²) in [7, 11) is 0. The van der Waals surface area contributed by atoms with Crippen LogP contribution in [0.25, 0.3) is 0 Å². The Kier molecular flexibility index (Phi) is 2.56. The highest BCUT2D eigenvalue weighted by molar-refractivity contribution is 5.86. The van der Waals surface area contributed by atoms with Crippen LogP contribution in [0.5, 0.6) is 0 Å².